The van der Waals surface area contributed by atoms with Crippen molar-refractivity contribution in [1.82, 2.24) is 9.55 Å². The van der Waals surface area contributed by atoms with E-state index in [1.54, 1.807) is 22.8 Å². The van der Waals surface area contributed by atoms with Gasteiger partial charge in [0.1, 0.15) is 0 Å². The van der Waals surface area contributed by atoms with E-state index in [1.807, 2.05) is 31.2 Å². The Bertz CT molecular complexity index is 1230. The van der Waals surface area contributed by atoms with E-state index >= 15 is 0 Å². The number of carbonyl (C=O) groups is 1. The number of hydrogen-bond donors (Lipinski definition) is 0. The minimum absolute atomic E-state index is 0.00423. The largest absolute Gasteiger partial charge is 0.376 e. The molecule has 2 aromatic carbocycles. The Kier molecular flexibility index (Phi) is 6.99. The molecule has 0 amide bonds. The van der Waals surface area contributed by atoms with Crippen molar-refractivity contribution in [1.29, 1.82) is 0 Å². The van der Waals surface area contributed by atoms with Crippen molar-refractivity contribution >= 4 is 40.0 Å². The summed E-state index contributed by atoms with van der Waals surface area (Å²) in [6.07, 6.45) is 1.87. The summed E-state index contributed by atoms with van der Waals surface area (Å²) in [5.41, 5.74) is 2.26. The minimum Gasteiger partial charge on any atom is -0.376 e. The number of Topliss-reactive ketones (excluding diaryl/α,β-unsaturated/α-hetero) is 1. The molecule has 0 N–H and O–H groups in total. The van der Waals surface area contributed by atoms with Crippen molar-refractivity contribution in [2.24, 2.45) is 0 Å². The van der Waals surface area contributed by atoms with E-state index in [0.29, 0.717) is 39.8 Å². The number of thioether (sulfide) groups is 1. The molecule has 0 spiro atoms. The lowest BCUT2D eigenvalue weighted by molar-refractivity contribution is 0.0937. The molecule has 1 aliphatic heterocycles. The monoisotopic (exact) mass is 484 g/mol. The van der Waals surface area contributed by atoms with Gasteiger partial charge in [0.2, 0.25) is 0 Å². The Labute approximate surface area is 203 Å². The number of rotatable bonds is 6. The Balaban J connectivity index is 1.65. The molecule has 1 aromatic heterocycles. The van der Waals surface area contributed by atoms with Crippen molar-refractivity contribution < 1.29 is 9.53 Å². The van der Waals surface area contributed by atoms with Crippen LogP contribution in [0.4, 0.5) is 0 Å². The van der Waals surface area contributed by atoms with E-state index < -0.39 is 5.25 Å². The average Bonchev–Trinajstić information content (AvgIpc) is 3.28. The lowest BCUT2D eigenvalue weighted by Gasteiger charge is -2.20. The van der Waals surface area contributed by atoms with Crippen molar-refractivity contribution in [2.75, 3.05) is 6.61 Å². The molecule has 2 heterocycles. The highest BCUT2D eigenvalue weighted by Gasteiger charge is 2.24. The van der Waals surface area contributed by atoms with Crippen LogP contribution in [0.1, 0.15) is 56.5 Å². The number of halogens is 1. The topological polar surface area (TPSA) is 61.2 Å². The van der Waals surface area contributed by atoms with Gasteiger partial charge in [-0.3, -0.25) is 14.2 Å². The third-order valence-electron chi connectivity index (χ3n) is 5.98. The first-order chi connectivity index (χ1) is 15.6. The van der Waals surface area contributed by atoms with Crippen LogP contribution < -0.4 is 5.56 Å². The van der Waals surface area contributed by atoms with Crippen LogP contribution in [0.5, 0.6) is 0 Å². The number of aromatic nitrogens is 2. The second kappa shape index (κ2) is 9.61. The molecule has 5 nitrogen and oxygen atoms in total. The smallest absolute Gasteiger partial charge is 0.262 e. The van der Waals surface area contributed by atoms with Crippen LogP contribution in [0.3, 0.4) is 0 Å². The van der Waals surface area contributed by atoms with Gasteiger partial charge >= 0.3 is 0 Å². The van der Waals surface area contributed by atoms with Gasteiger partial charge in [-0.25, -0.2) is 4.98 Å². The van der Waals surface area contributed by atoms with Gasteiger partial charge in [0.25, 0.3) is 5.56 Å². The standard InChI is InChI=1S/C26H29ClN2O3S/c1-16(23(30)17-7-9-18(10-8-17)26(2,3)4)33-25-28-22-14-19(27)11-12-21(22)24(31)29(25)15-20-6-5-13-32-20/h7-12,14,16,20H,5-6,13,15H2,1-4H3/t16-,20+/m1/s1. The molecule has 1 fully saturated rings. The fourth-order valence-electron chi connectivity index (χ4n) is 4.00. The van der Waals surface area contributed by atoms with Crippen molar-refractivity contribution in [3.05, 3.63) is 69.0 Å². The zero-order chi connectivity index (χ0) is 23.8. The number of nitrogens with zero attached hydrogens (tertiary/aromatic N) is 2. The molecular formula is C26H29ClN2O3S. The summed E-state index contributed by atoms with van der Waals surface area (Å²) < 4.78 is 7.43. The van der Waals surface area contributed by atoms with E-state index in [0.717, 1.165) is 12.8 Å². The quantitative estimate of drug-likeness (QED) is 0.248. The van der Waals surface area contributed by atoms with Crippen molar-refractivity contribution in [2.45, 2.75) is 69.0 Å². The fourth-order valence-corrected chi connectivity index (χ4v) is 5.16. The molecule has 2 atom stereocenters. The van der Waals surface area contributed by atoms with E-state index in [9.17, 15) is 9.59 Å². The van der Waals surface area contributed by atoms with Crippen LogP contribution in [0.15, 0.2) is 52.4 Å². The molecule has 33 heavy (non-hydrogen) atoms. The molecule has 7 heteroatoms. The molecular weight excluding hydrogens is 456 g/mol. The Morgan fingerprint density at radius 3 is 2.61 bits per heavy atom. The average molecular weight is 485 g/mol. The number of hydrogen-bond acceptors (Lipinski definition) is 5. The zero-order valence-electron chi connectivity index (χ0n) is 19.4. The predicted octanol–water partition coefficient (Wildman–Crippen LogP) is 5.89. The zero-order valence-corrected chi connectivity index (χ0v) is 21.0. The van der Waals surface area contributed by atoms with Crippen LogP contribution >= 0.6 is 23.4 Å². The summed E-state index contributed by atoms with van der Waals surface area (Å²) in [6.45, 7) is 9.43. The van der Waals surface area contributed by atoms with Gasteiger partial charge in [0.15, 0.2) is 10.9 Å². The van der Waals surface area contributed by atoms with Gasteiger partial charge < -0.3 is 4.74 Å². The molecule has 0 saturated carbocycles. The highest BCUT2D eigenvalue weighted by molar-refractivity contribution is 8.00. The Hall–Kier alpha value is -2.15. The highest BCUT2D eigenvalue weighted by Crippen LogP contribution is 2.28. The van der Waals surface area contributed by atoms with Gasteiger partial charge in [-0.1, -0.05) is 68.4 Å². The van der Waals surface area contributed by atoms with Crippen molar-refractivity contribution in [3.63, 3.8) is 0 Å². The van der Waals surface area contributed by atoms with Crippen LogP contribution in [0, 0.1) is 0 Å². The Morgan fingerprint density at radius 2 is 1.97 bits per heavy atom. The summed E-state index contributed by atoms with van der Waals surface area (Å²) in [5, 5.41) is 1.13. The van der Waals surface area contributed by atoms with Gasteiger partial charge in [-0.2, -0.15) is 0 Å². The van der Waals surface area contributed by atoms with E-state index in [2.05, 4.69) is 20.8 Å². The first-order valence-electron chi connectivity index (χ1n) is 11.3. The van der Waals surface area contributed by atoms with Crippen LogP contribution in [0.2, 0.25) is 5.02 Å². The van der Waals surface area contributed by atoms with Crippen LogP contribution in [-0.4, -0.2) is 33.3 Å². The molecule has 0 aliphatic carbocycles. The second-order valence-electron chi connectivity index (χ2n) is 9.56. The SMILES string of the molecule is C[C@@H](Sc1nc2cc(Cl)ccc2c(=O)n1C[C@@H]1CCCO1)C(=O)c1ccc(C(C)(C)C)cc1. The first kappa shape index (κ1) is 24.0. The van der Waals surface area contributed by atoms with E-state index in [1.165, 1.54) is 17.3 Å². The van der Waals surface area contributed by atoms with E-state index in [4.69, 9.17) is 21.3 Å². The number of ketones is 1. The van der Waals surface area contributed by atoms with E-state index in [-0.39, 0.29) is 22.9 Å². The number of benzene rings is 2. The highest BCUT2D eigenvalue weighted by atomic mass is 35.5. The molecule has 0 bridgehead atoms. The molecule has 4 rings (SSSR count). The first-order valence-corrected chi connectivity index (χ1v) is 12.5. The number of carbonyl (C=O) groups excluding carboxylic acids is 1. The lowest BCUT2D eigenvalue weighted by atomic mass is 9.86. The maximum atomic E-state index is 13.3. The van der Waals surface area contributed by atoms with Gasteiger partial charge in [0.05, 0.1) is 28.8 Å². The lowest BCUT2D eigenvalue weighted by Crippen LogP contribution is -2.29. The normalized spacial score (nSPS) is 17.4. The Morgan fingerprint density at radius 1 is 1.24 bits per heavy atom. The molecule has 0 radical (unpaired) electrons. The van der Waals surface area contributed by atoms with Crippen LogP contribution in [-0.2, 0) is 16.7 Å². The third kappa shape index (κ3) is 5.34. The second-order valence-corrected chi connectivity index (χ2v) is 11.3. The molecule has 0 unspecified atom stereocenters. The predicted molar refractivity (Wildman–Crippen MR) is 135 cm³/mol. The van der Waals surface area contributed by atoms with Crippen LogP contribution in [0.25, 0.3) is 10.9 Å². The minimum atomic E-state index is -0.412. The summed E-state index contributed by atoms with van der Waals surface area (Å²) in [4.78, 5) is 31.2. The maximum Gasteiger partial charge on any atom is 0.262 e. The van der Waals surface area contributed by atoms with Gasteiger partial charge in [-0.05, 0) is 48.9 Å². The molecule has 3 aromatic rings. The number of fused-ring (bicyclic) bond motifs is 1. The van der Waals surface area contributed by atoms with Crippen molar-refractivity contribution in [3.8, 4) is 0 Å². The number of ether oxygens (including phenoxy) is 1. The van der Waals surface area contributed by atoms with Gasteiger partial charge in [0, 0.05) is 17.2 Å². The summed E-state index contributed by atoms with van der Waals surface area (Å²) in [7, 11) is 0. The molecule has 174 valence electrons. The molecule has 1 aliphatic rings. The third-order valence-corrected chi connectivity index (χ3v) is 7.30. The summed E-state index contributed by atoms with van der Waals surface area (Å²) in [6, 6.07) is 12.9. The summed E-state index contributed by atoms with van der Waals surface area (Å²) >= 11 is 7.46. The molecule has 1 saturated heterocycles. The maximum absolute atomic E-state index is 13.3. The fraction of sp³-hybridized carbons (Fsp3) is 0.423. The van der Waals surface area contributed by atoms with Gasteiger partial charge in [-0.15, -0.1) is 0 Å². The summed E-state index contributed by atoms with van der Waals surface area (Å²) in [5.74, 6) is 0.00423.